The molecule has 4 N–H and O–H groups in total. The lowest BCUT2D eigenvalue weighted by molar-refractivity contribution is -0.116. The van der Waals surface area contributed by atoms with Gasteiger partial charge < -0.3 is 16.2 Å². The van der Waals surface area contributed by atoms with Crippen LogP contribution in [0.1, 0.15) is 35.7 Å². The van der Waals surface area contributed by atoms with Gasteiger partial charge in [-0.15, -0.1) is 0 Å². The number of anilines is 1. The minimum atomic E-state index is -1.05. The molecule has 1 unspecified atom stereocenters. The third-order valence-electron chi connectivity index (χ3n) is 2.51. The van der Waals surface area contributed by atoms with E-state index in [1.807, 2.05) is 6.92 Å². The van der Waals surface area contributed by atoms with Gasteiger partial charge in [-0.1, -0.05) is 11.6 Å². The number of aromatic carboxylic acids is 1. The number of carbonyl (C=O) groups excluding carboxylic acids is 1. The zero-order chi connectivity index (χ0) is 13.7. The van der Waals surface area contributed by atoms with E-state index in [0.29, 0.717) is 12.1 Å². The maximum atomic E-state index is 11.6. The summed E-state index contributed by atoms with van der Waals surface area (Å²) >= 11 is 0. The molecule has 0 saturated heterocycles. The number of rotatable bonds is 5. The number of nitrogens with two attached hydrogens (primary N) is 1. The molecule has 0 aromatic heterocycles. The first-order chi connectivity index (χ1) is 8.40. The van der Waals surface area contributed by atoms with Crippen molar-refractivity contribution in [3.63, 3.8) is 0 Å². The van der Waals surface area contributed by atoms with Gasteiger partial charge in [-0.25, -0.2) is 4.79 Å². The van der Waals surface area contributed by atoms with Gasteiger partial charge in [0.1, 0.15) is 0 Å². The van der Waals surface area contributed by atoms with Crippen LogP contribution in [0.2, 0.25) is 0 Å². The van der Waals surface area contributed by atoms with Crippen LogP contribution in [0.25, 0.3) is 0 Å². The van der Waals surface area contributed by atoms with Crippen LogP contribution in [0.4, 0.5) is 5.69 Å². The average molecular weight is 250 g/mol. The van der Waals surface area contributed by atoms with E-state index in [2.05, 4.69) is 5.32 Å². The van der Waals surface area contributed by atoms with Crippen molar-refractivity contribution in [2.24, 2.45) is 5.73 Å². The minimum Gasteiger partial charge on any atom is -0.478 e. The lowest BCUT2D eigenvalue weighted by Gasteiger charge is -2.10. The Morgan fingerprint density at radius 1 is 1.44 bits per heavy atom. The number of hydrogen-bond acceptors (Lipinski definition) is 3. The SMILES string of the molecule is Cc1ccc(NC(=O)CCC(C)N)c(C(=O)O)c1. The van der Waals surface area contributed by atoms with E-state index in [9.17, 15) is 9.59 Å². The van der Waals surface area contributed by atoms with E-state index in [0.717, 1.165) is 5.56 Å². The Bertz CT molecular complexity index is 456. The van der Waals surface area contributed by atoms with Gasteiger partial charge in [0.15, 0.2) is 0 Å². The van der Waals surface area contributed by atoms with E-state index in [1.165, 1.54) is 6.07 Å². The van der Waals surface area contributed by atoms with Crippen molar-refractivity contribution >= 4 is 17.6 Å². The van der Waals surface area contributed by atoms with E-state index >= 15 is 0 Å². The molecule has 1 aromatic carbocycles. The highest BCUT2D eigenvalue weighted by atomic mass is 16.4. The number of carboxylic acid groups (broad SMARTS) is 1. The number of carboxylic acids is 1. The molecule has 1 amide bonds. The Morgan fingerprint density at radius 3 is 2.67 bits per heavy atom. The predicted molar refractivity (Wildman–Crippen MR) is 69.7 cm³/mol. The molecular weight excluding hydrogens is 232 g/mol. The molecule has 0 bridgehead atoms. The summed E-state index contributed by atoms with van der Waals surface area (Å²) in [6.07, 6.45) is 0.852. The molecule has 0 aliphatic rings. The third-order valence-corrected chi connectivity index (χ3v) is 2.51. The maximum Gasteiger partial charge on any atom is 0.337 e. The van der Waals surface area contributed by atoms with Crippen LogP contribution in [0.3, 0.4) is 0 Å². The van der Waals surface area contributed by atoms with Crippen molar-refractivity contribution in [3.05, 3.63) is 29.3 Å². The van der Waals surface area contributed by atoms with Crippen LogP contribution in [0.5, 0.6) is 0 Å². The highest BCUT2D eigenvalue weighted by Crippen LogP contribution is 2.17. The standard InChI is InChI=1S/C13H18N2O3/c1-8-3-5-11(10(7-8)13(17)18)15-12(16)6-4-9(2)14/h3,5,7,9H,4,6,14H2,1-2H3,(H,15,16)(H,17,18). The van der Waals surface area contributed by atoms with Crippen molar-refractivity contribution in [3.8, 4) is 0 Å². The number of carbonyl (C=O) groups is 2. The molecule has 0 radical (unpaired) electrons. The van der Waals surface area contributed by atoms with Gasteiger partial charge in [0.05, 0.1) is 11.3 Å². The smallest absolute Gasteiger partial charge is 0.337 e. The first-order valence-electron chi connectivity index (χ1n) is 5.79. The third kappa shape index (κ3) is 4.18. The summed E-state index contributed by atoms with van der Waals surface area (Å²) in [5.74, 6) is -1.28. The molecule has 18 heavy (non-hydrogen) atoms. The summed E-state index contributed by atoms with van der Waals surface area (Å²) in [5, 5.41) is 11.6. The van der Waals surface area contributed by atoms with E-state index in [4.69, 9.17) is 10.8 Å². The van der Waals surface area contributed by atoms with Crippen molar-refractivity contribution in [2.75, 3.05) is 5.32 Å². The van der Waals surface area contributed by atoms with Crippen LogP contribution in [-0.4, -0.2) is 23.0 Å². The molecule has 0 aliphatic carbocycles. The molecule has 0 saturated carbocycles. The van der Waals surface area contributed by atoms with Crippen LogP contribution >= 0.6 is 0 Å². The Kier molecular flexibility index (Phi) is 4.85. The number of hydrogen-bond donors (Lipinski definition) is 3. The highest BCUT2D eigenvalue weighted by molar-refractivity contribution is 6.00. The molecule has 0 aliphatic heterocycles. The molecule has 0 fully saturated rings. The second-order valence-electron chi connectivity index (χ2n) is 4.42. The summed E-state index contributed by atoms with van der Waals surface area (Å²) in [6, 6.07) is 4.84. The lowest BCUT2D eigenvalue weighted by atomic mass is 10.1. The van der Waals surface area contributed by atoms with Gasteiger partial charge in [0.2, 0.25) is 5.91 Å². The van der Waals surface area contributed by atoms with Crippen molar-refractivity contribution in [1.82, 2.24) is 0 Å². The monoisotopic (exact) mass is 250 g/mol. The van der Waals surface area contributed by atoms with E-state index in [1.54, 1.807) is 19.1 Å². The fourth-order valence-electron chi connectivity index (χ4n) is 1.52. The Morgan fingerprint density at radius 2 is 2.11 bits per heavy atom. The Hall–Kier alpha value is -1.88. The molecule has 0 spiro atoms. The maximum absolute atomic E-state index is 11.6. The molecular formula is C13H18N2O3. The molecule has 5 nitrogen and oxygen atoms in total. The van der Waals surface area contributed by atoms with Gasteiger partial charge in [-0.3, -0.25) is 4.79 Å². The van der Waals surface area contributed by atoms with Crippen LogP contribution in [0.15, 0.2) is 18.2 Å². The van der Waals surface area contributed by atoms with Crippen molar-refractivity contribution in [1.29, 1.82) is 0 Å². The quantitative estimate of drug-likeness (QED) is 0.742. The van der Waals surface area contributed by atoms with E-state index < -0.39 is 5.97 Å². The number of amides is 1. The van der Waals surface area contributed by atoms with Crippen LogP contribution in [0, 0.1) is 6.92 Å². The second-order valence-corrected chi connectivity index (χ2v) is 4.42. The normalized spacial score (nSPS) is 11.9. The minimum absolute atomic E-state index is 0.0484. The van der Waals surface area contributed by atoms with Crippen LogP contribution in [-0.2, 0) is 4.79 Å². The molecule has 98 valence electrons. The van der Waals surface area contributed by atoms with Gasteiger partial charge in [0, 0.05) is 12.5 Å². The largest absolute Gasteiger partial charge is 0.478 e. The summed E-state index contributed by atoms with van der Waals surface area (Å²) in [7, 11) is 0. The summed E-state index contributed by atoms with van der Waals surface area (Å²) in [6.45, 7) is 3.62. The molecule has 0 heterocycles. The first-order valence-corrected chi connectivity index (χ1v) is 5.79. The second kappa shape index (κ2) is 6.16. The summed E-state index contributed by atoms with van der Waals surface area (Å²) in [5.41, 5.74) is 6.82. The molecule has 5 heteroatoms. The summed E-state index contributed by atoms with van der Waals surface area (Å²) in [4.78, 5) is 22.7. The number of nitrogens with one attached hydrogen (secondary N) is 1. The average Bonchev–Trinajstić information content (AvgIpc) is 2.28. The fourth-order valence-corrected chi connectivity index (χ4v) is 1.52. The number of benzene rings is 1. The fraction of sp³-hybridized carbons (Fsp3) is 0.385. The van der Waals surface area contributed by atoms with Gasteiger partial charge in [0.25, 0.3) is 0 Å². The predicted octanol–water partition coefficient (Wildman–Crippen LogP) is 1.76. The topological polar surface area (TPSA) is 92.4 Å². The highest BCUT2D eigenvalue weighted by Gasteiger charge is 2.12. The van der Waals surface area contributed by atoms with Gasteiger partial charge in [-0.2, -0.15) is 0 Å². The zero-order valence-electron chi connectivity index (χ0n) is 10.6. The van der Waals surface area contributed by atoms with Crippen LogP contribution < -0.4 is 11.1 Å². The molecule has 1 atom stereocenters. The lowest BCUT2D eigenvalue weighted by Crippen LogP contribution is -2.20. The van der Waals surface area contributed by atoms with Crippen molar-refractivity contribution in [2.45, 2.75) is 32.7 Å². The van der Waals surface area contributed by atoms with Gasteiger partial charge >= 0.3 is 5.97 Å². The Labute approximate surface area is 106 Å². The zero-order valence-corrected chi connectivity index (χ0v) is 10.6. The first kappa shape index (κ1) is 14.2. The van der Waals surface area contributed by atoms with Crippen molar-refractivity contribution < 1.29 is 14.7 Å². The van der Waals surface area contributed by atoms with Gasteiger partial charge in [-0.05, 0) is 32.4 Å². The molecule has 1 rings (SSSR count). The Balaban J connectivity index is 2.78. The summed E-state index contributed by atoms with van der Waals surface area (Å²) < 4.78 is 0. The number of aryl methyl sites for hydroxylation is 1. The van der Waals surface area contributed by atoms with E-state index in [-0.39, 0.29) is 23.9 Å². The molecule has 1 aromatic rings.